The van der Waals surface area contributed by atoms with Gasteiger partial charge >= 0.3 is 5.69 Å². The second-order valence-corrected chi connectivity index (χ2v) is 7.81. The smallest absolute Gasteiger partial charge is 0.317 e. The van der Waals surface area contributed by atoms with Crippen LogP contribution in [-0.2, 0) is 0 Å². The van der Waals surface area contributed by atoms with Gasteiger partial charge in [-0.05, 0) is 54.1 Å². The fourth-order valence-electron chi connectivity index (χ4n) is 3.11. The van der Waals surface area contributed by atoms with Crippen LogP contribution in [0.2, 0.25) is 5.02 Å². The van der Waals surface area contributed by atoms with Crippen LogP contribution in [0.3, 0.4) is 0 Å². The third-order valence-electron chi connectivity index (χ3n) is 5.04. The van der Waals surface area contributed by atoms with Gasteiger partial charge in [0.05, 0.1) is 22.1 Å². The summed E-state index contributed by atoms with van der Waals surface area (Å²) in [5.41, 5.74) is 2.58. The number of carbonyl (C=O) groups is 2. The molecule has 3 aromatic carbocycles. The fourth-order valence-corrected chi connectivity index (χ4v) is 3.31. The van der Waals surface area contributed by atoms with E-state index >= 15 is 0 Å². The second-order valence-electron chi connectivity index (χ2n) is 7.40. The largest absolute Gasteiger partial charge is 0.395 e. The van der Waals surface area contributed by atoms with Crippen LogP contribution in [-0.4, -0.2) is 47.1 Å². The monoisotopic (exact) mass is 480 g/mol. The quantitative estimate of drug-likeness (QED) is 0.232. The van der Waals surface area contributed by atoms with E-state index in [-0.39, 0.29) is 33.6 Å². The van der Waals surface area contributed by atoms with Crippen LogP contribution in [0.1, 0.15) is 26.3 Å². The van der Waals surface area contributed by atoms with E-state index in [9.17, 15) is 14.5 Å². The summed E-state index contributed by atoms with van der Waals surface area (Å²) in [4.78, 5) is 37.6. The average molecular weight is 481 g/mol. The Morgan fingerprint density at radius 2 is 1.74 bits per heavy atom. The summed E-state index contributed by atoms with van der Waals surface area (Å²) in [5.74, 6) is -0.769. The molecular weight excluding hydrogens is 458 g/mol. The summed E-state index contributed by atoms with van der Waals surface area (Å²) in [6.07, 6.45) is 3.18. The van der Waals surface area contributed by atoms with Crippen molar-refractivity contribution in [1.82, 2.24) is 0 Å². The van der Waals surface area contributed by atoms with Crippen LogP contribution in [0.15, 0.2) is 72.8 Å². The van der Waals surface area contributed by atoms with Crippen molar-refractivity contribution in [1.29, 1.82) is 0 Å². The molecule has 0 radical (unpaired) electrons. The lowest BCUT2D eigenvalue weighted by molar-refractivity contribution is -0.729. The molecule has 0 heterocycles. The zero-order valence-electron chi connectivity index (χ0n) is 18.3. The number of hydrogen-bond donors (Lipinski definition) is 3. The second kappa shape index (κ2) is 11.2. The molecular formula is C25H23ClN3O5+. The van der Waals surface area contributed by atoms with E-state index in [4.69, 9.17) is 21.9 Å². The SMILES string of the molecule is CN(CCO)c1ccc(/C=C/C(=O)c2ccc(NC(=O)c3cc([N+](=O)O)ccc3Cl)cc2)cc1. The first-order valence-corrected chi connectivity index (χ1v) is 10.7. The lowest BCUT2D eigenvalue weighted by Gasteiger charge is -2.17. The van der Waals surface area contributed by atoms with Crippen LogP contribution < -0.4 is 10.2 Å². The molecule has 9 heteroatoms. The van der Waals surface area contributed by atoms with E-state index in [0.29, 0.717) is 17.8 Å². The molecule has 34 heavy (non-hydrogen) atoms. The van der Waals surface area contributed by atoms with Gasteiger partial charge in [0.15, 0.2) is 5.78 Å². The summed E-state index contributed by atoms with van der Waals surface area (Å²) in [6.45, 7) is 0.602. The number of amides is 1. The number of carbonyl (C=O) groups excluding carboxylic acids is 2. The molecule has 0 spiro atoms. The molecule has 0 aromatic heterocycles. The Bertz CT molecular complexity index is 1220. The van der Waals surface area contributed by atoms with Crippen molar-refractivity contribution in [3.05, 3.63) is 99.4 Å². The Labute approximate surface area is 201 Å². The minimum atomic E-state index is -0.569. The first kappa shape index (κ1) is 24.6. The zero-order chi connectivity index (χ0) is 24.7. The van der Waals surface area contributed by atoms with Gasteiger partial charge in [0, 0.05) is 42.7 Å². The van der Waals surface area contributed by atoms with E-state index < -0.39 is 5.91 Å². The van der Waals surface area contributed by atoms with Crippen LogP contribution in [0, 0.1) is 4.91 Å². The number of aliphatic hydroxyl groups excluding tert-OH is 1. The van der Waals surface area contributed by atoms with Gasteiger partial charge in [0.2, 0.25) is 0 Å². The highest BCUT2D eigenvalue weighted by atomic mass is 35.5. The maximum atomic E-state index is 12.5. The van der Waals surface area contributed by atoms with Gasteiger partial charge in [-0.15, -0.1) is 0 Å². The van der Waals surface area contributed by atoms with Gasteiger partial charge in [-0.25, -0.2) is 5.21 Å². The number of hydrogen-bond acceptors (Lipinski definition) is 5. The fraction of sp³-hybridized carbons (Fsp3) is 0.120. The first-order valence-electron chi connectivity index (χ1n) is 10.3. The Balaban J connectivity index is 1.64. The topological polar surface area (TPSA) is 110 Å². The van der Waals surface area contributed by atoms with Gasteiger partial charge in [-0.2, -0.15) is 0 Å². The minimum absolute atomic E-state index is 0.0192. The van der Waals surface area contributed by atoms with E-state index in [1.165, 1.54) is 24.3 Å². The van der Waals surface area contributed by atoms with Crippen LogP contribution >= 0.6 is 11.6 Å². The maximum Gasteiger partial charge on any atom is 0.317 e. The molecule has 0 bridgehead atoms. The van der Waals surface area contributed by atoms with Crippen molar-refractivity contribution < 1.29 is 24.8 Å². The van der Waals surface area contributed by atoms with E-state index in [1.54, 1.807) is 30.3 Å². The van der Waals surface area contributed by atoms with E-state index in [0.717, 1.165) is 11.3 Å². The van der Waals surface area contributed by atoms with Gasteiger partial charge < -0.3 is 15.3 Å². The molecule has 174 valence electrons. The Kier molecular flexibility index (Phi) is 8.13. The lowest BCUT2D eigenvalue weighted by Crippen LogP contribution is -2.20. The van der Waals surface area contributed by atoms with Crippen molar-refractivity contribution in [2.75, 3.05) is 30.4 Å². The molecule has 8 nitrogen and oxygen atoms in total. The standard InChI is InChI=1S/C25H22ClN3O5/c1-28(14-15-30)20-9-2-17(3-10-20)4-13-24(31)18-5-7-19(8-6-18)27-25(32)22-16-21(29(33)34)11-12-23(22)26/h2-13,16,30H,14-15H2,1H3,(H-,27,31,32,33,34)/p+1/b13-4+. The number of nitrogens with zero attached hydrogens (tertiary/aromatic N) is 2. The predicted molar refractivity (Wildman–Crippen MR) is 131 cm³/mol. The van der Waals surface area contributed by atoms with Gasteiger partial charge in [0.1, 0.15) is 0 Å². The number of rotatable bonds is 9. The van der Waals surface area contributed by atoms with Gasteiger partial charge in [0.25, 0.3) is 10.8 Å². The summed E-state index contributed by atoms with van der Waals surface area (Å²) in [5, 5.41) is 20.8. The third kappa shape index (κ3) is 6.28. The normalized spacial score (nSPS) is 10.8. The molecule has 0 saturated heterocycles. The zero-order valence-corrected chi connectivity index (χ0v) is 19.1. The number of ketones is 1. The highest BCUT2D eigenvalue weighted by molar-refractivity contribution is 6.34. The number of benzene rings is 3. The Morgan fingerprint density at radius 3 is 2.35 bits per heavy atom. The van der Waals surface area contributed by atoms with E-state index in [1.807, 2.05) is 36.2 Å². The summed E-state index contributed by atoms with van der Waals surface area (Å²) >= 11 is 6.02. The number of allylic oxidation sites excluding steroid dienone is 1. The molecule has 1 amide bonds. The Hall–Kier alpha value is -4.01. The minimum Gasteiger partial charge on any atom is -0.395 e. The van der Waals surface area contributed by atoms with E-state index in [2.05, 4.69) is 5.32 Å². The van der Waals surface area contributed by atoms with Crippen molar-refractivity contribution in [2.45, 2.75) is 0 Å². The maximum absolute atomic E-state index is 12.5. The summed E-state index contributed by atoms with van der Waals surface area (Å²) < 4.78 is 0. The molecule has 0 aliphatic rings. The van der Waals surface area contributed by atoms with Crippen molar-refractivity contribution in [3.63, 3.8) is 0 Å². The molecule has 0 saturated carbocycles. The predicted octanol–water partition coefficient (Wildman–Crippen LogP) is 4.72. The third-order valence-corrected chi connectivity index (χ3v) is 5.37. The summed E-state index contributed by atoms with van der Waals surface area (Å²) in [6, 6.07) is 17.7. The number of nitrogens with one attached hydrogen (secondary N) is 1. The van der Waals surface area contributed by atoms with Crippen molar-refractivity contribution >= 4 is 46.4 Å². The van der Waals surface area contributed by atoms with Crippen molar-refractivity contribution in [3.8, 4) is 0 Å². The number of aliphatic hydroxyl groups is 1. The highest BCUT2D eigenvalue weighted by Crippen LogP contribution is 2.23. The number of likely N-dealkylation sites (N-methyl/N-ethyl adjacent to an activating group) is 1. The van der Waals surface area contributed by atoms with Crippen LogP contribution in [0.4, 0.5) is 17.1 Å². The van der Waals surface area contributed by atoms with Gasteiger partial charge in [-0.1, -0.05) is 29.8 Å². The van der Waals surface area contributed by atoms with Gasteiger partial charge in [-0.3, -0.25) is 9.59 Å². The first-order chi connectivity index (χ1) is 16.3. The number of halogens is 1. The van der Waals surface area contributed by atoms with Crippen molar-refractivity contribution in [2.24, 2.45) is 0 Å². The van der Waals surface area contributed by atoms with Crippen LogP contribution in [0.25, 0.3) is 6.08 Å². The molecule has 3 rings (SSSR count). The molecule has 0 unspecified atom stereocenters. The molecule has 3 aromatic rings. The molecule has 0 fully saturated rings. The Morgan fingerprint density at radius 1 is 1.06 bits per heavy atom. The van der Waals surface area contributed by atoms with Crippen LogP contribution in [0.5, 0.6) is 0 Å². The lowest BCUT2D eigenvalue weighted by atomic mass is 10.1. The molecule has 0 atom stereocenters. The molecule has 0 aliphatic heterocycles. The molecule has 0 aliphatic carbocycles. The number of anilines is 2. The average Bonchev–Trinajstić information content (AvgIpc) is 2.83. The highest BCUT2D eigenvalue weighted by Gasteiger charge is 2.18. The molecule has 3 N–H and O–H groups in total. The summed E-state index contributed by atoms with van der Waals surface area (Å²) in [7, 11) is 1.89.